The summed E-state index contributed by atoms with van der Waals surface area (Å²) in [6.07, 6.45) is 0.293. The number of carbonyl (C=O) groups is 1. The number of aromatic amines is 1. The summed E-state index contributed by atoms with van der Waals surface area (Å²) in [5.74, 6) is 0.108. The number of aromatic nitrogens is 4. The molecule has 4 heterocycles. The van der Waals surface area contributed by atoms with Crippen molar-refractivity contribution in [2.45, 2.75) is 12.2 Å². The first kappa shape index (κ1) is 20.4. The van der Waals surface area contributed by atoms with E-state index in [9.17, 15) is 18.0 Å². The summed E-state index contributed by atoms with van der Waals surface area (Å²) in [5, 5.41) is 6.17. The van der Waals surface area contributed by atoms with Crippen molar-refractivity contribution in [3.63, 3.8) is 0 Å². The summed E-state index contributed by atoms with van der Waals surface area (Å²) < 4.78 is 37.5. The molecule has 0 aromatic carbocycles. The average Bonchev–Trinajstić information content (AvgIpc) is 3.14. The molecular formula is C18H17ClF3N7O. The van der Waals surface area contributed by atoms with Crippen molar-refractivity contribution in [1.82, 2.24) is 30.6 Å². The topological polar surface area (TPSA) is 98.8 Å². The smallest absolute Gasteiger partial charge is 0.345 e. The Hall–Kier alpha value is -2.92. The Balaban J connectivity index is 1.63. The molecule has 4 rings (SSSR count). The van der Waals surface area contributed by atoms with Gasteiger partial charge in [-0.1, -0.05) is 11.6 Å². The number of nitrogens with zero attached hydrogens (tertiary/aromatic N) is 4. The molecule has 8 nitrogen and oxygen atoms in total. The quantitative estimate of drug-likeness (QED) is 0.576. The summed E-state index contributed by atoms with van der Waals surface area (Å²) in [6.45, 7) is -0.208. The second-order valence-corrected chi connectivity index (χ2v) is 7.17. The zero-order valence-electron chi connectivity index (χ0n) is 15.5. The van der Waals surface area contributed by atoms with Gasteiger partial charge in [-0.25, -0.2) is 15.0 Å². The van der Waals surface area contributed by atoms with Crippen LogP contribution in [0.2, 0.25) is 5.02 Å². The van der Waals surface area contributed by atoms with Crippen molar-refractivity contribution in [2.24, 2.45) is 0 Å². The SMILES string of the molecule is O=C(NCC(F)(F)F)[C@@H]1CNCCN1c1ccnc(-c2c[nH]c3ncc(Cl)cc23)n1. The number of halogens is 4. The molecule has 0 bridgehead atoms. The maximum Gasteiger partial charge on any atom is 0.405 e. The number of amides is 1. The largest absolute Gasteiger partial charge is 0.405 e. The third-order valence-electron chi connectivity index (χ3n) is 4.68. The van der Waals surface area contributed by atoms with Crippen LogP contribution in [-0.4, -0.2) is 64.2 Å². The standard InChI is InChI=1S/C18H17ClF3N7O/c19-10-5-11-12(7-26-15(11)25-6-10)16-24-2-1-14(28-16)29-4-3-23-8-13(29)17(30)27-9-18(20,21)22/h1-2,5-7,13,23H,3-4,8-9H2,(H,25,26)(H,27,30)/t13-/m0/s1. The lowest BCUT2D eigenvalue weighted by Crippen LogP contribution is -2.59. The molecular weight excluding hydrogens is 423 g/mol. The van der Waals surface area contributed by atoms with E-state index in [1.807, 2.05) is 5.32 Å². The summed E-state index contributed by atoms with van der Waals surface area (Å²) in [6, 6.07) is 2.53. The third-order valence-corrected chi connectivity index (χ3v) is 4.89. The second-order valence-electron chi connectivity index (χ2n) is 6.74. The van der Waals surface area contributed by atoms with E-state index in [1.54, 1.807) is 29.4 Å². The van der Waals surface area contributed by atoms with Gasteiger partial charge in [-0.05, 0) is 12.1 Å². The van der Waals surface area contributed by atoms with E-state index in [4.69, 9.17) is 11.6 Å². The van der Waals surface area contributed by atoms with Gasteiger partial charge in [0.2, 0.25) is 5.91 Å². The lowest BCUT2D eigenvalue weighted by atomic mass is 10.1. The first-order chi connectivity index (χ1) is 14.3. The van der Waals surface area contributed by atoms with Crippen molar-refractivity contribution in [1.29, 1.82) is 0 Å². The van der Waals surface area contributed by atoms with Gasteiger partial charge in [0, 0.05) is 49.2 Å². The van der Waals surface area contributed by atoms with Gasteiger partial charge in [0.15, 0.2) is 5.82 Å². The fourth-order valence-electron chi connectivity index (χ4n) is 3.32. The molecule has 0 saturated carbocycles. The summed E-state index contributed by atoms with van der Waals surface area (Å²) in [5.41, 5.74) is 1.30. The van der Waals surface area contributed by atoms with Gasteiger partial charge < -0.3 is 20.5 Å². The minimum absolute atomic E-state index is 0.204. The molecule has 158 valence electrons. The van der Waals surface area contributed by atoms with Gasteiger partial charge in [-0.2, -0.15) is 13.2 Å². The van der Waals surface area contributed by atoms with Crippen molar-refractivity contribution >= 4 is 34.4 Å². The van der Waals surface area contributed by atoms with E-state index in [0.29, 0.717) is 41.0 Å². The lowest BCUT2D eigenvalue weighted by molar-refractivity contribution is -0.139. The minimum atomic E-state index is -4.48. The molecule has 0 aliphatic carbocycles. The Kier molecular flexibility index (Phi) is 5.48. The average molecular weight is 440 g/mol. The highest BCUT2D eigenvalue weighted by molar-refractivity contribution is 6.31. The van der Waals surface area contributed by atoms with Crippen LogP contribution in [0.15, 0.2) is 30.7 Å². The zero-order chi connectivity index (χ0) is 21.3. The molecule has 1 amide bonds. The Bertz CT molecular complexity index is 1070. The number of piperazine rings is 1. The summed E-state index contributed by atoms with van der Waals surface area (Å²) in [7, 11) is 0. The molecule has 3 aromatic rings. The molecule has 0 unspecified atom stereocenters. The van der Waals surface area contributed by atoms with E-state index >= 15 is 0 Å². The number of hydrogen-bond donors (Lipinski definition) is 3. The lowest BCUT2D eigenvalue weighted by Gasteiger charge is -2.36. The van der Waals surface area contributed by atoms with Crippen molar-refractivity contribution in [2.75, 3.05) is 31.1 Å². The number of hydrogen-bond acceptors (Lipinski definition) is 6. The normalized spacial score (nSPS) is 17.3. The van der Waals surface area contributed by atoms with Crippen LogP contribution in [0.25, 0.3) is 22.4 Å². The van der Waals surface area contributed by atoms with Crippen LogP contribution in [0, 0.1) is 0 Å². The fourth-order valence-corrected chi connectivity index (χ4v) is 3.48. The van der Waals surface area contributed by atoms with Gasteiger partial charge in [0.05, 0.1) is 5.02 Å². The molecule has 3 N–H and O–H groups in total. The van der Waals surface area contributed by atoms with Gasteiger partial charge in [0.25, 0.3) is 0 Å². The van der Waals surface area contributed by atoms with E-state index in [0.717, 1.165) is 5.39 Å². The molecule has 1 aliphatic heterocycles. The third kappa shape index (κ3) is 4.31. The monoisotopic (exact) mass is 439 g/mol. The molecule has 30 heavy (non-hydrogen) atoms. The molecule has 0 radical (unpaired) electrons. The van der Waals surface area contributed by atoms with E-state index in [2.05, 4.69) is 25.3 Å². The van der Waals surface area contributed by atoms with Crippen LogP contribution < -0.4 is 15.5 Å². The minimum Gasteiger partial charge on any atom is -0.345 e. The van der Waals surface area contributed by atoms with Gasteiger partial charge in [0.1, 0.15) is 24.1 Å². The summed E-state index contributed by atoms with van der Waals surface area (Å²) >= 11 is 6.05. The van der Waals surface area contributed by atoms with Gasteiger partial charge >= 0.3 is 6.18 Å². The maximum absolute atomic E-state index is 12.5. The highest BCUT2D eigenvalue weighted by Gasteiger charge is 2.33. The van der Waals surface area contributed by atoms with Gasteiger partial charge in [-0.15, -0.1) is 0 Å². The Morgan fingerprint density at radius 2 is 2.20 bits per heavy atom. The molecule has 3 aromatic heterocycles. The van der Waals surface area contributed by atoms with Crippen LogP contribution >= 0.6 is 11.6 Å². The number of anilines is 1. The highest BCUT2D eigenvalue weighted by atomic mass is 35.5. The summed E-state index contributed by atoms with van der Waals surface area (Å²) in [4.78, 5) is 30.2. The second kappa shape index (κ2) is 8.07. The first-order valence-corrected chi connectivity index (χ1v) is 9.47. The molecule has 0 spiro atoms. The van der Waals surface area contributed by atoms with Crippen LogP contribution in [0.4, 0.5) is 19.0 Å². The molecule has 1 fully saturated rings. The Labute approximate surface area is 173 Å². The predicted octanol–water partition coefficient (Wildman–Crippen LogP) is 2.13. The van der Waals surface area contributed by atoms with Gasteiger partial charge in [-0.3, -0.25) is 4.79 Å². The van der Waals surface area contributed by atoms with E-state index in [1.165, 1.54) is 6.20 Å². The number of alkyl halides is 3. The van der Waals surface area contributed by atoms with Crippen LogP contribution in [-0.2, 0) is 4.79 Å². The van der Waals surface area contributed by atoms with Crippen molar-refractivity contribution in [3.8, 4) is 11.4 Å². The first-order valence-electron chi connectivity index (χ1n) is 9.10. The zero-order valence-corrected chi connectivity index (χ0v) is 16.3. The fraction of sp³-hybridized carbons (Fsp3) is 0.333. The van der Waals surface area contributed by atoms with Crippen LogP contribution in [0.5, 0.6) is 0 Å². The number of carbonyl (C=O) groups excluding carboxylic acids is 1. The maximum atomic E-state index is 12.5. The number of fused-ring (bicyclic) bond motifs is 1. The van der Waals surface area contributed by atoms with Crippen molar-refractivity contribution < 1.29 is 18.0 Å². The molecule has 1 saturated heterocycles. The molecule has 1 aliphatic rings. The molecule has 12 heteroatoms. The molecule has 1 atom stereocenters. The highest BCUT2D eigenvalue weighted by Crippen LogP contribution is 2.28. The van der Waals surface area contributed by atoms with Crippen molar-refractivity contribution in [3.05, 3.63) is 35.7 Å². The van der Waals surface area contributed by atoms with E-state index < -0.39 is 24.7 Å². The number of H-pyrrole nitrogens is 1. The Morgan fingerprint density at radius 1 is 1.37 bits per heavy atom. The number of nitrogens with one attached hydrogen (secondary N) is 3. The van der Waals surface area contributed by atoms with Crippen LogP contribution in [0.3, 0.4) is 0 Å². The number of pyridine rings is 1. The Morgan fingerprint density at radius 3 is 3.00 bits per heavy atom. The van der Waals surface area contributed by atoms with Crippen LogP contribution in [0.1, 0.15) is 0 Å². The number of rotatable bonds is 4. The predicted molar refractivity (Wildman–Crippen MR) is 105 cm³/mol. The van der Waals surface area contributed by atoms with E-state index in [-0.39, 0.29) is 6.54 Å².